The Morgan fingerprint density at radius 3 is 2.72 bits per heavy atom. The number of carboxylic acid groups (broad SMARTS) is 1. The van der Waals surface area contributed by atoms with Crippen LogP contribution in [0.1, 0.15) is 30.4 Å². The van der Waals surface area contributed by atoms with Crippen LogP contribution in [-0.4, -0.2) is 37.3 Å². The predicted molar refractivity (Wildman–Crippen MR) is 66.7 cm³/mol. The average molecular weight is 267 g/mol. The lowest BCUT2D eigenvalue weighted by atomic mass is 10.2. The second-order valence-corrected chi connectivity index (χ2v) is 4.94. The van der Waals surface area contributed by atoms with Crippen molar-refractivity contribution in [1.82, 2.24) is 15.0 Å². The van der Waals surface area contributed by atoms with Gasteiger partial charge < -0.3 is 10.2 Å². The SMILES string of the molecule is CC(O)C(C)n1nnc(C(=O)O)c1-c1cccs1. The number of carbonyl (C=O) groups is 1. The largest absolute Gasteiger partial charge is 0.476 e. The Morgan fingerprint density at radius 2 is 2.22 bits per heavy atom. The molecule has 0 saturated carbocycles. The lowest BCUT2D eigenvalue weighted by Gasteiger charge is -2.16. The molecule has 0 aliphatic carbocycles. The zero-order chi connectivity index (χ0) is 13.3. The Bertz CT molecular complexity index is 548. The second-order valence-electron chi connectivity index (χ2n) is 3.99. The van der Waals surface area contributed by atoms with Gasteiger partial charge in [-0.15, -0.1) is 16.4 Å². The highest BCUT2D eigenvalue weighted by Crippen LogP contribution is 2.29. The zero-order valence-electron chi connectivity index (χ0n) is 9.94. The summed E-state index contributed by atoms with van der Waals surface area (Å²) in [5.74, 6) is -1.12. The summed E-state index contributed by atoms with van der Waals surface area (Å²) in [7, 11) is 0. The van der Waals surface area contributed by atoms with E-state index in [1.807, 2.05) is 11.4 Å². The second kappa shape index (κ2) is 4.87. The molecule has 2 heterocycles. The first-order valence-electron chi connectivity index (χ1n) is 5.42. The van der Waals surface area contributed by atoms with Crippen molar-refractivity contribution in [2.24, 2.45) is 0 Å². The molecular formula is C11H13N3O3S. The summed E-state index contributed by atoms with van der Waals surface area (Å²) >= 11 is 1.41. The van der Waals surface area contributed by atoms with Crippen LogP contribution in [0.5, 0.6) is 0 Å². The molecule has 0 aliphatic rings. The number of hydrogen-bond acceptors (Lipinski definition) is 5. The molecule has 0 saturated heterocycles. The third kappa shape index (κ3) is 2.14. The van der Waals surface area contributed by atoms with Gasteiger partial charge in [0.1, 0.15) is 5.69 Å². The van der Waals surface area contributed by atoms with Crippen molar-refractivity contribution < 1.29 is 15.0 Å². The van der Waals surface area contributed by atoms with Crippen LogP contribution >= 0.6 is 11.3 Å². The Balaban J connectivity index is 2.58. The van der Waals surface area contributed by atoms with Crippen LogP contribution in [0.15, 0.2) is 17.5 Å². The van der Waals surface area contributed by atoms with Crippen molar-refractivity contribution in [3.63, 3.8) is 0 Å². The van der Waals surface area contributed by atoms with E-state index in [2.05, 4.69) is 10.3 Å². The third-order valence-electron chi connectivity index (χ3n) is 2.74. The Hall–Kier alpha value is -1.73. The molecule has 0 aromatic carbocycles. The van der Waals surface area contributed by atoms with Gasteiger partial charge in [0.25, 0.3) is 0 Å². The normalized spacial score (nSPS) is 14.4. The summed E-state index contributed by atoms with van der Waals surface area (Å²) in [6.07, 6.45) is -0.646. The smallest absolute Gasteiger partial charge is 0.358 e. The fraction of sp³-hybridized carbons (Fsp3) is 0.364. The number of aliphatic hydroxyl groups excluding tert-OH is 1. The lowest BCUT2D eigenvalue weighted by molar-refractivity contribution is 0.0691. The van der Waals surface area contributed by atoms with Gasteiger partial charge in [0.05, 0.1) is 17.0 Å². The van der Waals surface area contributed by atoms with E-state index in [1.54, 1.807) is 19.9 Å². The van der Waals surface area contributed by atoms with Crippen molar-refractivity contribution in [2.75, 3.05) is 0 Å². The van der Waals surface area contributed by atoms with Gasteiger partial charge in [0, 0.05) is 0 Å². The number of aromatic nitrogens is 3. The van der Waals surface area contributed by atoms with Crippen molar-refractivity contribution in [1.29, 1.82) is 0 Å². The maximum absolute atomic E-state index is 11.1. The van der Waals surface area contributed by atoms with Crippen LogP contribution in [0.3, 0.4) is 0 Å². The summed E-state index contributed by atoms with van der Waals surface area (Å²) in [5, 5.41) is 28.1. The summed E-state index contributed by atoms with van der Waals surface area (Å²) in [4.78, 5) is 11.9. The van der Waals surface area contributed by atoms with Gasteiger partial charge in [0.15, 0.2) is 5.69 Å². The quantitative estimate of drug-likeness (QED) is 0.879. The molecule has 7 heteroatoms. The highest BCUT2D eigenvalue weighted by atomic mass is 32.1. The van der Waals surface area contributed by atoms with E-state index in [9.17, 15) is 9.90 Å². The van der Waals surface area contributed by atoms with Gasteiger partial charge in [-0.3, -0.25) is 0 Å². The first-order valence-corrected chi connectivity index (χ1v) is 6.30. The van der Waals surface area contributed by atoms with Crippen LogP contribution < -0.4 is 0 Å². The zero-order valence-corrected chi connectivity index (χ0v) is 10.8. The number of aliphatic hydroxyl groups is 1. The van der Waals surface area contributed by atoms with Gasteiger partial charge in [0.2, 0.25) is 0 Å². The maximum atomic E-state index is 11.1. The lowest BCUT2D eigenvalue weighted by Crippen LogP contribution is -2.20. The van der Waals surface area contributed by atoms with Crippen LogP contribution in [0.25, 0.3) is 10.6 Å². The van der Waals surface area contributed by atoms with E-state index < -0.39 is 12.1 Å². The number of rotatable bonds is 4. The number of nitrogens with zero attached hydrogens (tertiary/aromatic N) is 3. The molecule has 2 atom stereocenters. The molecule has 0 amide bonds. The Morgan fingerprint density at radius 1 is 1.50 bits per heavy atom. The van der Waals surface area contributed by atoms with E-state index in [-0.39, 0.29) is 11.7 Å². The minimum absolute atomic E-state index is 0.0926. The standard InChI is InChI=1S/C11H13N3O3S/c1-6(7(2)15)14-10(8-4-3-5-18-8)9(11(16)17)12-13-14/h3-7,15H,1-2H3,(H,16,17). The molecule has 0 fully saturated rings. The molecule has 2 rings (SSSR count). The average Bonchev–Trinajstić information content (AvgIpc) is 2.95. The van der Waals surface area contributed by atoms with E-state index in [4.69, 9.17) is 5.11 Å². The van der Waals surface area contributed by atoms with Crippen LogP contribution in [0, 0.1) is 0 Å². The van der Waals surface area contributed by atoms with E-state index in [0.717, 1.165) is 4.88 Å². The number of aromatic carboxylic acids is 1. The van der Waals surface area contributed by atoms with Crippen LogP contribution in [0.4, 0.5) is 0 Å². The molecule has 18 heavy (non-hydrogen) atoms. The van der Waals surface area contributed by atoms with Crippen molar-refractivity contribution >= 4 is 17.3 Å². The highest BCUT2D eigenvalue weighted by molar-refractivity contribution is 7.13. The predicted octanol–water partition coefficient (Wildman–Crippen LogP) is 1.65. The molecule has 2 N–H and O–H groups in total. The maximum Gasteiger partial charge on any atom is 0.358 e. The van der Waals surface area contributed by atoms with Gasteiger partial charge in [-0.25, -0.2) is 9.48 Å². The molecule has 0 bridgehead atoms. The monoisotopic (exact) mass is 267 g/mol. The molecule has 2 aromatic heterocycles. The van der Waals surface area contributed by atoms with Crippen molar-refractivity contribution in [3.8, 4) is 10.6 Å². The summed E-state index contributed by atoms with van der Waals surface area (Å²) in [5.41, 5.74) is 0.343. The summed E-state index contributed by atoms with van der Waals surface area (Å²) in [6, 6.07) is 3.29. The Labute approximate surface area is 107 Å². The van der Waals surface area contributed by atoms with E-state index in [0.29, 0.717) is 5.69 Å². The third-order valence-corrected chi connectivity index (χ3v) is 3.61. The first kappa shape index (κ1) is 12.7. The molecule has 6 nitrogen and oxygen atoms in total. The van der Waals surface area contributed by atoms with Gasteiger partial charge in [-0.2, -0.15) is 0 Å². The van der Waals surface area contributed by atoms with Gasteiger partial charge >= 0.3 is 5.97 Å². The highest BCUT2D eigenvalue weighted by Gasteiger charge is 2.25. The van der Waals surface area contributed by atoms with Gasteiger partial charge in [-0.1, -0.05) is 11.3 Å². The minimum Gasteiger partial charge on any atom is -0.476 e. The molecule has 0 spiro atoms. The van der Waals surface area contributed by atoms with Gasteiger partial charge in [-0.05, 0) is 25.3 Å². The molecule has 0 radical (unpaired) electrons. The first-order chi connectivity index (χ1) is 8.52. The fourth-order valence-corrected chi connectivity index (χ4v) is 2.33. The summed E-state index contributed by atoms with van der Waals surface area (Å²) < 4.78 is 1.46. The molecule has 96 valence electrons. The molecule has 0 aliphatic heterocycles. The van der Waals surface area contributed by atoms with Crippen molar-refractivity contribution in [3.05, 3.63) is 23.2 Å². The molecule has 2 aromatic rings. The molecular weight excluding hydrogens is 254 g/mol. The van der Waals surface area contributed by atoms with Crippen LogP contribution in [-0.2, 0) is 0 Å². The number of carboxylic acids is 1. The number of hydrogen-bond donors (Lipinski definition) is 2. The number of thiophene rings is 1. The summed E-state index contributed by atoms with van der Waals surface area (Å²) in [6.45, 7) is 3.40. The van der Waals surface area contributed by atoms with E-state index in [1.165, 1.54) is 16.0 Å². The Kier molecular flexibility index (Phi) is 3.44. The van der Waals surface area contributed by atoms with Crippen molar-refractivity contribution in [2.45, 2.75) is 26.0 Å². The fourth-order valence-electron chi connectivity index (χ4n) is 1.57. The minimum atomic E-state index is -1.12. The molecule has 2 unspecified atom stereocenters. The van der Waals surface area contributed by atoms with E-state index >= 15 is 0 Å². The van der Waals surface area contributed by atoms with Crippen LogP contribution in [0.2, 0.25) is 0 Å². The topological polar surface area (TPSA) is 88.2 Å².